The Labute approximate surface area is 111 Å². The van der Waals surface area contributed by atoms with Gasteiger partial charge in [-0.2, -0.15) is 0 Å². The van der Waals surface area contributed by atoms with Gasteiger partial charge in [0.1, 0.15) is 0 Å². The van der Waals surface area contributed by atoms with Gasteiger partial charge in [-0.25, -0.2) is 4.98 Å². The van der Waals surface area contributed by atoms with E-state index in [1.165, 1.54) is 11.3 Å². The molecule has 0 spiro atoms. The summed E-state index contributed by atoms with van der Waals surface area (Å²) < 4.78 is 0.424. The maximum Gasteiger partial charge on any atom is 0.348 e. The van der Waals surface area contributed by atoms with E-state index in [1.54, 1.807) is 11.1 Å². The highest BCUT2D eigenvalue weighted by molar-refractivity contribution is 7.15. The monoisotopic (exact) mass is 288 g/mol. The first-order chi connectivity index (χ1) is 8.61. The molecule has 18 heavy (non-hydrogen) atoms. The lowest BCUT2D eigenvalue weighted by Gasteiger charge is -2.16. The van der Waals surface area contributed by atoms with Crippen LogP contribution < -0.4 is 5.32 Å². The van der Waals surface area contributed by atoms with Gasteiger partial charge < -0.3 is 10.2 Å². The SMILES string of the molecule is O=CC(=C1NCCN1Cc1cnc(Cl)s1)[N+](=O)[O-]. The summed E-state index contributed by atoms with van der Waals surface area (Å²) >= 11 is 7.03. The molecule has 1 aromatic heterocycles. The first-order valence-corrected chi connectivity index (χ1v) is 6.24. The normalized spacial score (nSPS) is 17.5. The number of hydrogen-bond donors (Lipinski definition) is 1. The van der Waals surface area contributed by atoms with E-state index in [2.05, 4.69) is 10.3 Å². The molecule has 7 nitrogen and oxygen atoms in total. The van der Waals surface area contributed by atoms with Crippen molar-refractivity contribution in [2.75, 3.05) is 13.1 Å². The van der Waals surface area contributed by atoms with Crippen molar-refractivity contribution in [3.8, 4) is 0 Å². The first-order valence-electron chi connectivity index (χ1n) is 5.04. The zero-order valence-electron chi connectivity index (χ0n) is 9.13. The van der Waals surface area contributed by atoms with Crippen LogP contribution in [0.2, 0.25) is 4.47 Å². The van der Waals surface area contributed by atoms with Gasteiger partial charge in [0.05, 0.1) is 11.5 Å². The van der Waals surface area contributed by atoms with Crippen molar-refractivity contribution in [2.45, 2.75) is 6.54 Å². The third-order valence-electron chi connectivity index (χ3n) is 2.41. The number of carbonyl (C=O) groups is 1. The molecule has 0 saturated carbocycles. The summed E-state index contributed by atoms with van der Waals surface area (Å²) in [6.45, 7) is 1.60. The summed E-state index contributed by atoms with van der Waals surface area (Å²) in [6, 6.07) is 0. The van der Waals surface area contributed by atoms with Gasteiger partial charge in [-0.15, -0.1) is 11.3 Å². The molecule has 1 saturated heterocycles. The number of aldehydes is 1. The van der Waals surface area contributed by atoms with Crippen molar-refractivity contribution < 1.29 is 9.72 Å². The fourth-order valence-electron chi connectivity index (χ4n) is 1.67. The van der Waals surface area contributed by atoms with Gasteiger partial charge in [-0.05, 0) is 0 Å². The molecular weight excluding hydrogens is 280 g/mol. The molecule has 2 rings (SSSR count). The summed E-state index contributed by atoms with van der Waals surface area (Å²) in [5, 5.41) is 13.6. The number of rotatable bonds is 4. The van der Waals surface area contributed by atoms with Crippen LogP contribution in [-0.2, 0) is 11.3 Å². The Bertz CT molecular complexity index is 516. The molecule has 1 aliphatic rings. The van der Waals surface area contributed by atoms with Gasteiger partial charge in [0, 0.05) is 24.2 Å². The number of aromatic nitrogens is 1. The molecule has 0 atom stereocenters. The Morgan fingerprint density at radius 1 is 1.78 bits per heavy atom. The number of halogens is 1. The molecule has 1 N–H and O–H groups in total. The van der Waals surface area contributed by atoms with Crippen LogP contribution in [-0.4, -0.2) is 34.2 Å². The molecule has 96 valence electrons. The van der Waals surface area contributed by atoms with Crippen LogP contribution in [0.3, 0.4) is 0 Å². The van der Waals surface area contributed by atoms with Gasteiger partial charge in [-0.3, -0.25) is 14.9 Å². The Kier molecular flexibility index (Phi) is 3.78. The number of hydrogen-bond acceptors (Lipinski definition) is 7. The van der Waals surface area contributed by atoms with Crippen LogP contribution in [0.5, 0.6) is 0 Å². The van der Waals surface area contributed by atoms with Crippen molar-refractivity contribution in [3.05, 3.63) is 37.2 Å². The van der Waals surface area contributed by atoms with Crippen molar-refractivity contribution in [3.63, 3.8) is 0 Å². The van der Waals surface area contributed by atoms with E-state index in [-0.39, 0.29) is 12.1 Å². The summed E-state index contributed by atoms with van der Waals surface area (Å²) in [7, 11) is 0. The van der Waals surface area contributed by atoms with E-state index in [9.17, 15) is 14.9 Å². The fourth-order valence-corrected chi connectivity index (χ4v) is 2.67. The second kappa shape index (κ2) is 5.32. The van der Waals surface area contributed by atoms with E-state index < -0.39 is 10.6 Å². The van der Waals surface area contributed by atoms with E-state index in [4.69, 9.17) is 11.6 Å². The summed E-state index contributed by atoms with van der Waals surface area (Å²) in [5.41, 5.74) is -0.455. The van der Waals surface area contributed by atoms with E-state index in [0.29, 0.717) is 24.1 Å². The van der Waals surface area contributed by atoms with Crippen LogP contribution in [0, 0.1) is 10.1 Å². The minimum atomic E-state index is -0.687. The summed E-state index contributed by atoms with van der Waals surface area (Å²) in [6.07, 6.45) is 1.87. The standard InChI is InChI=1S/C9H9ClN4O3S/c10-9-12-3-6(18-9)4-13-2-1-11-8(13)7(5-15)14(16)17/h3,5,11H,1-2,4H2. The van der Waals surface area contributed by atoms with Gasteiger partial charge in [0.25, 0.3) is 0 Å². The van der Waals surface area contributed by atoms with Gasteiger partial charge in [-0.1, -0.05) is 11.6 Å². The number of nitrogens with zero attached hydrogens (tertiary/aromatic N) is 3. The number of nitro groups is 1. The Morgan fingerprint density at radius 2 is 2.56 bits per heavy atom. The fraction of sp³-hybridized carbons (Fsp3) is 0.333. The minimum absolute atomic E-state index is 0.250. The minimum Gasteiger partial charge on any atom is -0.364 e. The smallest absolute Gasteiger partial charge is 0.348 e. The van der Waals surface area contributed by atoms with Gasteiger partial charge in [0.15, 0.2) is 10.3 Å². The van der Waals surface area contributed by atoms with Gasteiger partial charge >= 0.3 is 5.70 Å². The maximum atomic E-state index is 10.7. The zero-order valence-corrected chi connectivity index (χ0v) is 10.7. The third-order valence-corrected chi connectivity index (χ3v) is 3.51. The molecule has 1 fully saturated rings. The lowest BCUT2D eigenvalue weighted by molar-refractivity contribution is -0.419. The van der Waals surface area contributed by atoms with Crippen LogP contribution >= 0.6 is 22.9 Å². The average Bonchev–Trinajstić information content (AvgIpc) is 2.90. The first kappa shape index (κ1) is 12.8. The molecule has 0 bridgehead atoms. The molecule has 9 heteroatoms. The molecule has 1 aliphatic heterocycles. The number of carbonyl (C=O) groups excluding carboxylic acids is 1. The van der Waals surface area contributed by atoms with Crippen molar-refractivity contribution >= 4 is 29.2 Å². The van der Waals surface area contributed by atoms with Gasteiger partial charge in [0.2, 0.25) is 6.29 Å². The van der Waals surface area contributed by atoms with Crippen molar-refractivity contribution in [1.29, 1.82) is 0 Å². The lowest BCUT2D eigenvalue weighted by atomic mass is 10.4. The molecule has 0 amide bonds. The predicted molar refractivity (Wildman–Crippen MR) is 65.6 cm³/mol. The molecular formula is C9H9ClN4O3S. The Morgan fingerprint density at radius 3 is 3.11 bits per heavy atom. The highest BCUT2D eigenvalue weighted by Gasteiger charge is 2.27. The predicted octanol–water partition coefficient (Wildman–Crippen LogP) is 0.846. The topological polar surface area (TPSA) is 88.4 Å². The lowest BCUT2D eigenvalue weighted by Crippen LogP contribution is -2.23. The second-order valence-electron chi connectivity index (χ2n) is 3.54. The van der Waals surface area contributed by atoms with E-state index >= 15 is 0 Å². The number of allylic oxidation sites excluding steroid dienone is 1. The molecule has 2 heterocycles. The van der Waals surface area contributed by atoms with Crippen LogP contribution in [0.25, 0.3) is 0 Å². The van der Waals surface area contributed by atoms with Crippen LogP contribution in [0.1, 0.15) is 4.88 Å². The molecule has 0 aromatic carbocycles. The van der Waals surface area contributed by atoms with Crippen molar-refractivity contribution in [1.82, 2.24) is 15.2 Å². The van der Waals surface area contributed by atoms with Crippen molar-refractivity contribution in [2.24, 2.45) is 0 Å². The molecule has 0 aliphatic carbocycles. The highest BCUT2D eigenvalue weighted by Crippen LogP contribution is 2.22. The van der Waals surface area contributed by atoms with Crippen LogP contribution in [0.15, 0.2) is 17.7 Å². The third kappa shape index (κ3) is 2.59. The second-order valence-corrected chi connectivity index (χ2v) is 5.23. The van der Waals surface area contributed by atoms with Crippen LogP contribution in [0.4, 0.5) is 0 Å². The Balaban J connectivity index is 2.22. The molecule has 1 aromatic rings. The molecule has 0 radical (unpaired) electrons. The largest absolute Gasteiger partial charge is 0.364 e. The number of thiazole rings is 1. The quantitative estimate of drug-likeness (QED) is 0.382. The number of nitrogens with one attached hydrogen (secondary N) is 1. The summed E-state index contributed by atoms with van der Waals surface area (Å²) in [4.78, 5) is 27.3. The highest BCUT2D eigenvalue weighted by atomic mass is 35.5. The van der Waals surface area contributed by atoms with E-state index in [0.717, 1.165) is 4.88 Å². The average molecular weight is 289 g/mol. The Hall–Kier alpha value is -1.67. The summed E-state index contributed by atoms with van der Waals surface area (Å²) in [5.74, 6) is 0.250. The maximum absolute atomic E-state index is 10.7. The molecule has 0 unspecified atom stereocenters. The van der Waals surface area contributed by atoms with E-state index in [1.807, 2.05) is 0 Å². The zero-order chi connectivity index (χ0) is 13.1.